The maximum atomic E-state index is 13.7. The van der Waals surface area contributed by atoms with Crippen LogP contribution in [-0.4, -0.2) is 41.9 Å². The number of nitrogens with zero attached hydrogens (tertiary/aromatic N) is 2. The smallest absolute Gasteiger partial charge is 0.253 e. The van der Waals surface area contributed by atoms with Gasteiger partial charge in [-0.25, -0.2) is 4.39 Å². The standard InChI is InChI=1S/C18H18ClFN2O/c19-16-6-3-5-14(12-16)18(23)22-10-8-21(9-11-22)13-15-4-1-2-7-17(15)20/h1-7,12H,8-11,13H2. The van der Waals surface area contributed by atoms with Crippen LogP contribution >= 0.6 is 11.6 Å². The number of halogens is 2. The summed E-state index contributed by atoms with van der Waals surface area (Å²) in [4.78, 5) is 16.4. The first-order valence-electron chi connectivity index (χ1n) is 7.64. The van der Waals surface area contributed by atoms with E-state index < -0.39 is 0 Å². The molecule has 120 valence electrons. The summed E-state index contributed by atoms with van der Waals surface area (Å²) in [7, 11) is 0. The summed E-state index contributed by atoms with van der Waals surface area (Å²) in [5, 5.41) is 0.564. The van der Waals surface area contributed by atoms with Crippen LogP contribution in [0.3, 0.4) is 0 Å². The van der Waals surface area contributed by atoms with Crippen molar-refractivity contribution < 1.29 is 9.18 Å². The van der Waals surface area contributed by atoms with Crippen molar-refractivity contribution in [2.45, 2.75) is 6.54 Å². The molecule has 0 radical (unpaired) electrons. The van der Waals surface area contributed by atoms with Crippen molar-refractivity contribution in [3.63, 3.8) is 0 Å². The molecular formula is C18H18ClFN2O. The molecule has 2 aromatic carbocycles. The molecule has 5 heteroatoms. The highest BCUT2D eigenvalue weighted by molar-refractivity contribution is 6.30. The fourth-order valence-electron chi connectivity index (χ4n) is 2.78. The number of amides is 1. The predicted molar refractivity (Wildman–Crippen MR) is 89.0 cm³/mol. The summed E-state index contributed by atoms with van der Waals surface area (Å²) in [6.07, 6.45) is 0. The Labute approximate surface area is 140 Å². The minimum Gasteiger partial charge on any atom is -0.336 e. The molecule has 3 nitrogen and oxygen atoms in total. The van der Waals surface area contributed by atoms with E-state index in [-0.39, 0.29) is 11.7 Å². The van der Waals surface area contributed by atoms with E-state index in [0.29, 0.717) is 35.8 Å². The molecule has 0 atom stereocenters. The molecule has 1 fully saturated rings. The zero-order valence-electron chi connectivity index (χ0n) is 12.7. The largest absolute Gasteiger partial charge is 0.336 e. The van der Waals surface area contributed by atoms with Gasteiger partial charge in [-0.1, -0.05) is 35.9 Å². The summed E-state index contributed by atoms with van der Waals surface area (Å²) in [5.41, 5.74) is 1.31. The lowest BCUT2D eigenvalue weighted by Gasteiger charge is -2.34. The SMILES string of the molecule is O=C(c1cccc(Cl)c1)N1CCN(Cc2ccccc2F)CC1. The average molecular weight is 333 g/mol. The fraction of sp³-hybridized carbons (Fsp3) is 0.278. The van der Waals surface area contributed by atoms with Crippen LogP contribution in [0.15, 0.2) is 48.5 Å². The van der Waals surface area contributed by atoms with Crippen LogP contribution in [0, 0.1) is 5.82 Å². The summed E-state index contributed by atoms with van der Waals surface area (Å²) in [5.74, 6) is -0.178. The molecule has 0 N–H and O–H groups in total. The number of rotatable bonds is 3. The van der Waals surface area contributed by atoms with Gasteiger partial charge in [-0.3, -0.25) is 9.69 Å². The maximum absolute atomic E-state index is 13.7. The highest BCUT2D eigenvalue weighted by Crippen LogP contribution is 2.16. The van der Waals surface area contributed by atoms with Crippen LogP contribution < -0.4 is 0 Å². The molecule has 1 amide bonds. The molecule has 1 heterocycles. The molecule has 1 aliphatic rings. The Bertz CT molecular complexity index is 699. The number of carbonyl (C=O) groups is 1. The van der Waals surface area contributed by atoms with E-state index in [1.165, 1.54) is 6.07 Å². The van der Waals surface area contributed by atoms with Gasteiger partial charge in [-0.2, -0.15) is 0 Å². The van der Waals surface area contributed by atoms with Crippen molar-refractivity contribution in [1.29, 1.82) is 0 Å². The average Bonchev–Trinajstić information content (AvgIpc) is 2.57. The van der Waals surface area contributed by atoms with Crippen LogP contribution in [0.5, 0.6) is 0 Å². The number of benzene rings is 2. The van der Waals surface area contributed by atoms with Crippen LogP contribution in [0.2, 0.25) is 5.02 Å². The highest BCUT2D eigenvalue weighted by Gasteiger charge is 2.22. The highest BCUT2D eigenvalue weighted by atomic mass is 35.5. The maximum Gasteiger partial charge on any atom is 0.253 e. The fourth-order valence-corrected chi connectivity index (χ4v) is 2.97. The minimum absolute atomic E-state index is 0.00181. The lowest BCUT2D eigenvalue weighted by Crippen LogP contribution is -2.48. The monoisotopic (exact) mass is 332 g/mol. The Balaban J connectivity index is 1.58. The van der Waals surface area contributed by atoms with E-state index in [2.05, 4.69) is 4.90 Å². The first kappa shape index (κ1) is 16.0. The van der Waals surface area contributed by atoms with Gasteiger partial charge in [0.2, 0.25) is 0 Å². The third-order valence-electron chi connectivity index (χ3n) is 4.08. The van der Waals surface area contributed by atoms with Gasteiger partial charge in [0.15, 0.2) is 0 Å². The van der Waals surface area contributed by atoms with E-state index in [0.717, 1.165) is 13.1 Å². The Morgan fingerprint density at radius 1 is 1.04 bits per heavy atom. The number of hydrogen-bond donors (Lipinski definition) is 0. The second-order valence-corrected chi connectivity index (χ2v) is 6.11. The van der Waals surface area contributed by atoms with Crippen molar-refractivity contribution >= 4 is 17.5 Å². The van der Waals surface area contributed by atoms with Crippen LogP contribution in [0.25, 0.3) is 0 Å². The molecule has 2 aromatic rings. The number of piperazine rings is 1. The quantitative estimate of drug-likeness (QED) is 0.859. The number of hydrogen-bond acceptors (Lipinski definition) is 2. The summed E-state index contributed by atoms with van der Waals surface area (Å²) in [6.45, 7) is 3.33. The van der Waals surface area contributed by atoms with E-state index in [1.807, 2.05) is 11.0 Å². The van der Waals surface area contributed by atoms with Crippen molar-refractivity contribution in [2.24, 2.45) is 0 Å². The van der Waals surface area contributed by atoms with Crippen molar-refractivity contribution in [2.75, 3.05) is 26.2 Å². The molecule has 0 aromatic heterocycles. The van der Waals surface area contributed by atoms with Gasteiger partial charge in [-0.15, -0.1) is 0 Å². The topological polar surface area (TPSA) is 23.6 Å². The Morgan fingerprint density at radius 3 is 2.48 bits per heavy atom. The summed E-state index contributed by atoms with van der Waals surface area (Å²) >= 11 is 5.94. The molecule has 0 unspecified atom stereocenters. The van der Waals surface area contributed by atoms with Crippen LogP contribution in [0.1, 0.15) is 15.9 Å². The van der Waals surface area contributed by atoms with Crippen molar-refractivity contribution in [3.05, 3.63) is 70.5 Å². The molecule has 1 saturated heterocycles. The van der Waals surface area contributed by atoms with E-state index >= 15 is 0 Å². The zero-order valence-corrected chi connectivity index (χ0v) is 13.5. The van der Waals surface area contributed by atoms with Crippen LogP contribution in [0.4, 0.5) is 4.39 Å². The van der Waals surface area contributed by atoms with Gasteiger partial charge in [-0.05, 0) is 24.3 Å². The molecule has 3 rings (SSSR count). The van der Waals surface area contributed by atoms with Gasteiger partial charge in [0.25, 0.3) is 5.91 Å². The molecule has 0 bridgehead atoms. The molecule has 0 saturated carbocycles. The second kappa shape index (κ2) is 7.11. The number of carbonyl (C=O) groups excluding carboxylic acids is 1. The van der Waals surface area contributed by atoms with Gasteiger partial charge in [0.05, 0.1) is 0 Å². The van der Waals surface area contributed by atoms with Crippen molar-refractivity contribution in [1.82, 2.24) is 9.80 Å². The third kappa shape index (κ3) is 3.89. The minimum atomic E-state index is -0.176. The van der Waals surface area contributed by atoms with Gasteiger partial charge in [0.1, 0.15) is 5.82 Å². The van der Waals surface area contributed by atoms with E-state index in [1.54, 1.807) is 36.4 Å². The van der Waals surface area contributed by atoms with Gasteiger partial charge >= 0.3 is 0 Å². The normalized spacial score (nSPS) is 15.7. The molecule has 1 aliphatic heterocycles. The Kier molecular flexibility index (Phi) is 4.94. The predicted octanol–water partition coefficient (Wildman–Crippen LogP) is 3.44. The Hall–Kier alpha value is -1.91. The first-order chi connectivity index (χ1) is 11.1. The van der Waals surface area contributed by atoms with Gasteiger partial charge < -0.3 is 4.90 Å². The van der Waals surface area contributed by atoms with Crippen molar-refractivity contribution in [3.8, 4) is 0 Å². The second-order valence-electron chi connectivity index (χ2n) is 5.67. The molecule has 23 heavy (non-hydrogen) atoms. The lowest BCUT2D eigenvalue weighted by molar-refractivity contribution is 0.0627. The Morgan fingerprint density at radius 2 is 1.78 bits per heavy atom. The van der Waals surface area contributed by atoms with E-state index in [4.69, 9.17) is 11.6 Å². The van der Waals surface area contributed by atoms with Crippen LogP contribution in [-0.2, 0) is 6.54 Å². The lowest BCUT2D eigenvalue weighted by atomic mass is 10.1. The summed E-state index contributed by atoms with van der Waals surface area (Å²) < 4.78 is 13.7. The first-order valence-corrected chi connectivity index (χ1v) is 8.02. The third-order valence-corrected chi connectivity index (χ3v) is 4.32. The molecule has 0 spiro atoms. The summed E-state index contributed by atoms with van der Waals surface area (Å²) in [6, 6.07) is 13.8. The van der Waals surface area contributed by atoms with E-state index in [9.17, 15) is 9.18 Å². The zero-order chi connectivity index (χ0) is 16.2. The molecular weight excluding hydrogens is 315 g/mol. The molecule has 0 aliphatic carbocycles. The van der Waals surface area contributed by atoms with Gasteiger partial charge in [0, 0.05) is 48.9 Å².